The van der Waals surface area contributed by atoms with Gasteiger partial charge in [-0.3, -0.25) is 9.59 Å². The van der Waals surface area contributed by atoms with Gasteiger partial charge in [-0.05, 0) is 37.1 Å². The standard InChI is InChI=1S/C12H12BrNO3/c1-7-4-8(13)6-9(5-7)14-3-2-10(11(14)15)12(16)17/h4-6,10H,2-3H2,1H3,(H,16,17). The third-order valence-electron chi connectivity index (χ3n) is 2.84. The van der Waals surface area contributed by atoms with Crippen LogP contribution in [0.2, 0.25) is 0 Å². The third-order valence-corrected chi connectivity index (χ3v) is 3.30. The molecule has 90 valence electrons. The van der Waals surface area contributed by atoms with Gasteiger partial charge in [0.15, 0.2) is 0 Å². The minimum absolute atomic E-state index is 0.324. The number of anilines is 1. The predicted octanol–water partition coefficient (Wildman–Crippen LogP) is 2.20. The topological polar surface area (TPSA) is 57.6 Å². The Morgan fingerprint density at radius 2 is 2.18 bits per heavy atom. The number of hydrogen-bond acceptors (Lipinski definition) is 2. The van der Waals surface area contributed by atoms with Crippen molar-refractivity contribution in [1.82, 2.24) is 0 Å². The lowest BCUT2D eigenvalue weighted by Crippen LogP contribution is -2.30. The maximum atomic E-state index is 11.9. The van der Waals surface area contributed by atoms with Crippen molar-refractivity contribution in [3.63, 3.8) is 0 Å². The fourth-order valence-corrected chi connectivity index (χ4v) is 2.63. The molecule has 2 rings (SSSR count). The summed E-state index contributed by atoms with van der Waals surface area (Å²) >= 11 is 3.37. The monoisotopic (exact) mass is 297 g/mol. The van der Waals surface area contributed by atoms with E-state index in [1.54, 1.807) is 0 Å². The SMILES string of the molecule is Cc1cc(Br)cc(N2CCC(C(=O)O)C2=O)c1. The van der Waals surface area contributed by atoms with Gasteiger partial charge in [-0.1, -0.05) is 15.9 Å². The first-order valence-corrected chi connectivity index (χ1v) is 6.09. The summed E-state index contributed by atoms with van der Waals surface area (Å²) in [6.45, 7) is 2.40. The van der Waals surface area contributed by atoms with Crippen molar-refractivity contribution in [3.8, 4) is 0 Å². The molecule has 1 fully saturated rings. The summed E-state index contributed by atoms with van der Waals surface area (Å²) in [5.74, 6) is -2.26. The summed E-state index contributed by atoms with van der Waals surface area (Å²) in [4.78, 5) is 24.3. The summed E-state index contributed by atoms with van der Waals surface area (Å²) in [5.41, 5.74) is 1.78. The normalized spacial score (nSPS) is 19.8. The molecule has 0 spiro atoms. The molecule has 1 amide bonds. The van der Waals surface area contributed by atoms with Gasteiger partial charge in [0.05, 0.1) is 0 Å². The molecule has 0 bridgehead atoms. The molecule has 0 radical (unpaired) electrons. The summed E-state index contributed by atoms with van der Waals surface area (Å²) in [6, 6.07) is 5.65. The van der Waals surface area contributed by atoms with Gasteiger partial charge >= 0.3 is 5.97 Å². The number of benzene rings is 1. The Balaban J connectivity index is 2.30. The first kappa shape index (κ1) is 12.1. The van der Waals surface area contributed by atoms with E-state index in [1.807, 2.05) is 25.1 Å². The number of carboxylic acids is 1. The summed E-state index contributed by atoms with van der Waals surface area (Å²) < 4.78 is 0.888. The fraction of sp³-hybridized carbons (Fsp3) is 0.333. The van der Waals surface area contributed by atoms with E-state index in [1.165, 1.54) is 4.90 Å². The average molecular weight is 298 g/mol. The van der Waals surface area contributed by atoms with E-state index in [-0.39, 0.29) is 5.91 Å². The zero-order valence-electron chi connectivity index (χ0n) is 9.31. The van der Waals surface area contributed by atoms with Crippen molar-refractivity contribution in [2.24, 2.45) is 5.92 Å². The number of aliphatic carboxylic acids is 1. The Labute approximate surface area is 107 Å². The van der Waals surface area contributed by atoms with Crippen molar-refractivity contribution >= 4 is 33.5 Å². The number of carbonyl (C=O) groups is 2. The van der Waals surface area contributed by atoms with Gasteiger partial charge in [0.25, 0.3) is 0 Å². The van der Waals surface area contributed by atoms with Crippen molar-refractivity contribution < 1.29 is 14.7 Å². The molecular weight excluding hydrogens is 286 g/mol. The van der Waals surface area contributed by atoms with E-state index < -0.39 is 11.9 Å². The van der Waals surface area contributed by atoms with Crippen LogP contribution < -0.4 is 4.90 Å². The smallest absolute Gasteiger partial charge is 0.316 e. The number of aryl methyl sites for hydroxylation is 1. The minimum atomic E-state index is -1.04. The highest BCUT2D eigenvalue weighted by atomic mass is 79.9. The molecule has 1 aliphatic rings. The van der Waals surface area contributed by atoms with Gasteiger partial charge < -0.3 is 10.0 Å². The lowest BCUT2D eigenvalue weighted by molar-refractivity contribution is -0.144. The van der Waals surface area contributed by atoms with Crippen LogP contribution in [0.1, 0.15) is 12.0 Å². The average Bonchev–Trinajstić information content (AvgIpc) is 2.58. The van der Waals surface area contributed by atoms with Gasteiger partial charge in [-0.25, -0.2) is 0 Å². The molecule has 1 atom stereocenters. The number of hydrogen-bond donors (Lipinski definition) is 1. The molecule has 0 saturated carbocycles. The van der Waals surface area contributed by atoms with Crippen LogP contribution in [0.25, 0.3) is 0 Å². The Morgan fingerprint density at radius 3 is 2.71 bits per heavy atom. The fourth-order valence-electron chi connectivity index (χ4n) is 2.04. The van der Waals surface area contributed by atoms with Crippen LogP contribution in [0.3, 0.4) is 0 Å². The second-order valence-electron chi connectivity index (χ2n) is 4.16. The predicted molar refractivity (Wildman–Crippen MR) is 67.0 cm³/mol. The first-order valence-electron chi connectivity index (χ1n) is 5.30. The second kappa shape index (κ2) is 4.49. The first-order chi connectivity index (χ1) is 7.99. The molecule has 1 unspecified atom stereocenters. The van der Waals surface area contributed by atoms with E-state index >= 15 is 0 Å². The van der Waals surface area contributed by atoms with E-state index in [4.69, 9.17) is 5.11 Å². The van der Waals surface area contributed by atoms with E-state index in [2.05, 4.69) is 15.9 Å². The van der Waals surface area contributed by atoms with Crippen LogP contribution in [-0.4, -0.2) is 23.5 Å². The lowest BCUT2D eigenvalue weighted by Gasteiger charge is -2.17. The maximum Gasteiger partial charge on any atom is 0.316 e. The molecule has 1 N–H and O–H groups in total. The molecule has 5 heteroatoms. The molecular formula is C12H12BrNO3. The minimum Gasteiger partial charge on any atom is -0.481 e. The molecule has 0 aliphatic carbocycles. The van der Waals surface area contributed by atoms with Crippen LogP contribution in [-0.2, 0) is 9.59 Å². The van der Waals surface area contributed by atoms with Crippen LogP contribution >= 0.6 is 15.9 Å². The van der Waals surface area contributed by atoms with E-state index in [0.29, 0.717) is 13.0 Å². The highest BCUT2D eigenvalue weighted by Gasteiger charge is 2.37. The summed E-state index contributed by atoms with van der Waals surface area (Å²) in [5, 5.41) is 8.90. The Hall–Kier alpha value is -1.36. The number of carbonyl (C=O) groups excluding carboxylic acids is 1. The Morgan fingerprint density at radius 1 is 1.47 bits per heavy atom. The number of halogens is 1. The summed E-state index contributed by atoms with van der Waals surface area (Å²) in [7, 11) is 0. The van der Waals surface area contributed by atoms with Gasteiger partial charge in [0.1, 0.15) is 5.92 Å². The van der Waals surface area contributed by atoms with Gasteiger partial charge in [-0.2, -0.15) is 0 Å². The largest absolute Gasteiger partial charge is 0.481 e. The van der Waals surface area contributed by atoms with Gasteiger partial charge in [-0.15, -0.1) is 0 Å². The zero-order chi connectivity index (χ0) is 12.6. The number of nitrogens with zero attached hydrogens (tertiary/aromatic N) is 1. The third kappa shape index (κ3) is 2.34. The number of carboxylic acid groups (broad SMARTS) is 1. The summed E-state index contributed by atoms with van der Waals surface area (Å²) in [6.07, 6.45) is 0.375. The molecule has 1 aromatic carbocycles. The van der Waals surface area contributed by atoms with Crippen LogP contribution in [0, 0.1) is 12.8 Å². The van der Waals surface area contributed by atoms with Crippen molar-refractivity contribution in [2.45, 2.75) is 13.3 Å². The maximum absolute atomic E-state index is 11.9. The van der Waals surface area contributed by atoms with Crippen LogP contribution in [0.4, 0.5) is 5.69 Å². The van der Waals surface area contributed by atoms with Crippen LogP contribution in [0.15, 0.2) is 22.7 Å². The van der Waals surface area contributed by atoms with Crippen molar-refractivity contribution in [3.05, 3.63) is 28.2 Å². The molecule has 0 aromatic heterocycles. The Bertz CT molecular complexity index is 466. The quantitative estimate of drug-likeness (QED) is 0.852. The molecule has 1 heterocycles. The Kier molecular flexibility index (Phi) is 3.19. The highest BCUT2D eigenvalue weighted by Crippen LogP contribution is 2.28. The molecule has 1 aromatic rings. The molecule has 1 aliphatic heterocycles. The molecule has 4 nitrogen and oxygen atoms in total. The highest BCUT2D eigenvalue weighted by molar-refractivity contribution is 9.10. The van der Waals surface area contributed by atoms with Crippen LogP contribution in [0.5, 0.6) is 0 Å². The van der Waals surface area contributed by atoms with Gasteiger partial charge in [0.2, 0.25) is 5.91 Å². The second-order valence-corrected chi connectivity index (χ2v) is 5.07. The molecule has 17 heavy (non-hydrogen) atoms. The molecule has 1 saturated heterocycles. The van der Waals surface area contributed by atoms with E-state index in [0.717, 1.165) is 15.7 Å². The van der Waals surface area contributed by atoms with Crippen molar-refractivity contribution in [2.75, 3.05) is 11.4 Å². The number of rotatable bonds is 2. The van der Waals surface area contributed by atoms with Crippen molar-refractivity contribution in [1.29, 1.82) is 0 Å². The van der Waals surface area contributed by atoms with Gasteiger partial charge in [0, 0.05) is 16.7 Å². The number of amides is 1. The lowest BCUT2D eigenvalue weighted by atomic mass is 10.1. The zero-order valence-corrected chi connectivity index (χ0v) is 10.9. The van der Waals surface area contributed by atoms with E-state index in [9.17, 15) is 9.59 Å².